The first-order valence-electron chi connectivity index (χ1n) is 5.55. The van der Waals surface area contributed by atoms with E-state index in [9.17, 15) is 4.79 Å². The lowest BCUT2D eigenvalue weighted by molar-refractivity contribution is 0.0696. The number of aromatic carboxylic acids is 1. The molecule has 0 spiro atoms. The first-order valence-corrected chi connectivity index (χ1v) is 5.55. The summed E-state index contributed by atoms with van der Waals surface area (Å²) in [6, 6.07) is 1.98. The second-order valence-electron chi connectivity index (χ2n) is 3.81. The molecule has 0 aliphatic heterocycles. The lowest BCUT2D eigenvalue weighted by atomic mass is 10.1. The number of hydrogen-bond acceptors (Lipinski definition) is 3. The fraction of sp³-hybridized carbons (Fsp3) is 0.500. The Morgan fingerprint density at radius 2 is 2.12 bits per heavy atom. The SMILES string of the molecule is CCC(CC)Nc1nccc(C)c1C(=O)O. The summed E-state index contributed by atoms with van der Waals surface area (Å²) in [5.41, 5.74) is 1.00. The van der Waals surface area contributed by atoms with Crippen molar-refractivity contribution < 1.29 is 9.90 Å². The summed E-state index contributed by atoms with van der Waals surface area (Å²) in [4.78, 5) is 15.2. The number of aryl methyl sites for hydroxylation is 1. The van der Waals surface area contributed by atoms with Crippen LogP contribution in [-0.2, 0) is 0 Å². The van der Waals surface area contributed by atoms with Crippen molar-refractivity contribution in [1.29, 1.82) is 0 Å². The maximum atomic E-state index is 11.1. The first-order chi connectivity index (χ1) is 7.60. The highest BCUT2D eigenvalue weighted by molar-refractivity contribution is 5.94. The van der Waals surface area contributed by atoms with Crippen LogP contribution in [0.15, 0.2) is 12.3 Å². The molecule has 1 heterocycles. The van der Waals surface area contributed by atoms with Gasteiger partial charge in [-0.15, -0.1) is 0 Å². The van der Waals surface area contributed by atoms with Gasteiger partial charge in [-0.25, -0.2) is 9.78 Å². The number of anilines is 1. The number of nitrogens with one attached hydrogen (secondary N) is 1. The van der Waals surface area contributed by atoms with Gasteiger partial charge in [0.25, 0.3) is 0 Å². The van der Waals surface area contributed by atoms with Gasteiger partial charge < -0.3 is 10.4 Å². The molecule has 0 aliphatic rings. The van der Waals surface area contributed by atoms with Crippen molar-refractivity contribution in [1.82, 2.24) is 4.98 Å². The Hall–Kier alpha value is -1.58. The highest BCUT2D eigenvalue weighted by atomic mass is 16.4. The minimum Gasteiger partial charge on any atom is -0.478 e. The summed E-state index contributed by atoms with van der Waals surface area (Å²) in [6.45, 7) is 5.91. The van der Waals surface area contributed by atoms with Crippen molar-refractivity contribution in [3.8, 4) is 0 Å². The largest absolute Gasteiger partial charge is 0.478 e. The van der Waals surface area contributed by atoms with E-state index in [2.05, 4.69) is 24.1 Å². The third-order valence-electron chi connectivity index (χ3n) is 2.70. The van der Waals surface area contributed by atoms with Crippen LogP contribution in [0.5, 0.6) is 0 Å². The van der Waals surface area contributed by atoms with E-state index in [1.54, 1.807) is 19.2 Å². The highest BCUT2D eigenvalue weighted by Gasteiger charge is 2.16. The minimum atomic E-state index is -0.931. The van der Waals surface area contributed by atoms with Gasteiger partial charge in [0.05, 0.1) is 0 Å². The Bertz CT molecular complexity index is 373. The summed E-state index contributed by atoms with van der Waals surface area (Å²) in [6.07, 6.45) is 3.53. The van der Waals surface area contributed by atoms with Gasteiger partial charge in [-0.05, 0) is 31.4 Å². The molecule has 2 N–H and O–H groups in total. The molecule has 0 amide bonds. The number of hydrogen-bond donors (Lipinski definition) is 2. The van der Waals surface area contributed by atoms with Gasteiger partial charge in [0.15, 0.2) is 0 Å². The smallest absolute Gasteiger partial charge is 0.339 e. The summed E-state index contributed by atoms with van der Waals surface area (Å²) >= 11 is 0. The Morgan fingerprint density at radius 1 is 1.50 bits per heavy atom. The zero-order valence-corrected chi connectivity index (χ0v) is 9.95. The molecule has 1 aromatic heterocycles. The fourth-order valence-corrected chi connectivity index (χ4v) is 1.62. The molecule has 0 bridgehead atoms. The van der Waals surface area contributed by atoms with E-state index in [1.807, 2.05) is 0 Å². The van der Waals surface area contributed by atoms with Crippen LogP contribution in [0, 0.1) is 6.92 Å². The number of carboxylic acid groups (broad SMARTS) is 1. The van der Waals surface area contributed by atoms with Gasteiger partial charge in [-0.1, -0.05) is 13.8 Å². The van der Waals surface area contributed by atoms with Gasteiger partial charge in [0.2, 0.25) is 0 Å². The lowest BCUT2D eigenvalue weighted by Gasteiger charge is -2.17. The molecular weight excluding hydrogens is 204 g/mol. The van der Waals surface area contributed by atoms with Crippen LogP contribution in [-0.4, -0.2) is 22.1 Å². The molecule has 0 radical (unpaired) electrons. The third-order valence-corrected chi connectivity index (χ3v) is 2.70. The van der Waals surface area contributed by atoms with E-state index in [4.69, 9.17) is 5.11 Å². The van der Waals surface area contributed by atoms with Gasteiger partial charge in [0.1, 0.15) is 11.4 Å². The molecule has 88 valence electrons. The second kappa shape index (κ2) is 5.49. The Balaban J connectivity index is 3.03. The predicted molar refractivity (Wildman–Crippen MR) is 63.9 cm³/mol. The van der Waals surface area contributed by atoms with Gasteiger partial charge in [0, 0.05) is 12.2 Å². The molecule has 0 saturated carbocycles. The first kappa shape index (κ1) is 12.5. The molecule has 1 aromatic rings. The molecule has 0 atom stereocenters. The van der Waals surface area contributed by atoms with Crippen LogP contribution < -0.4 is 5.32 Å². The van der Waals surface area contributed by atoms with Gasteiger partial charge in [-0.3, -0.25) is 0 Å². The lowest BCUT2D eigenvalue weighted by Crippen LogP contribution is -2.20. The number of aromatic nitrogens is 1. The minimum absolute atomic E-state index is 0.271. The monoisotopic (exact) mass is 222 g/mol. The molecule has 16 heavy (non-hydrogen) atoms. The molecule has 4 nitrogen and oxygen atoms in total. The average Bonchev–Trinajstić information content (AvgIpc) is 2.25. The van der Waals surface area contributed by atoms with E-state index < -0.39 is 5.97 Å². The fourth-order valence-electron chi connectivity index (χ4n) is 1.62. The maximum absolute atomic E-state index is 11.1. The van der Waals surface area contributed by atoms with Gasteiger partial charge in [-0.2, -0.15) is 0 Å². The van der Waals surface area contributed by atoms with Crippen LogP contribution in [0.25, 0.3) is 0 Å². The standard InChI is InChI=1S/C12H18N2O2/c1-4-9(5-2)14-11-10(12(15)16)8(3)6-7-13-11/h6-7,9H,4-5H2,1-3H3,(H,13,14)(H,15,16). The zero-order chi connectivity index (χ0) is 12.1. The third kappa shape index (κ3) is 2.72. The molecular formula is C12H18N2O2. The highest BCUT2D eigenvalue weighted by Crippen LogP contribution is 2.18. The van der Waals surface area contributed by atoms with Crippen LogP contribution in [0.4, 0.5) is 5.82 Å². The quantitative estimate of drug-likeness (QED) is 0.804. The summed E-state index contributed by atoms with van der Waals surface area (Å²) in [7, 11) is 0. The van der Waals surface area contributed by atoms with E-state index >= 15 is 0 Å². The molecule has 4 heteroatoms. The van der Waals surface area contributed by atoms with E-state index in [1.165, 1.54) is 0 Å². The zero-order valence-electron chi connectivity index (χ0n) is 9.95. The number of nitrogens with zero attached hydrogens (tertiary/aromatic N) is 1. The van der Waals surface area contributed by atoms with E-state index in [0.29, 0.717) is 5.82 Å². The predicted octanol–water partition coefficient (Wildman–Crippen LogP) is 2.69. The van der Waals surface area contributed by atoms with Crippen LogP contribution in [0.3, 0.4) is 0 Å². The average molecular weight is 222 g/mol. The normalized spacial score (nSPS) is 10.5. The Morgan fingerprint density at radius 3 is 2.62 bits per heavy atom. The Kier molecular flexibility index (Phi) is 4.28. The summed E-state index contributed by atoms with van der Waals surface area (Å²) < 4.78 is 0. The molecule has 0 aliphatic carbocycles. The van der Waals surface area contributed by atoms with Crippen molar-refractivity contribution in [2.45, 2.75) is 39.7 Å². The molecule has 0 fully saturated rings. The van der Waals surface area contributed by atoms with Crippen LogP contribution in [0.1, 0.15) is 42.6 Å². The van der Waals surface area contributed by atoms with Crippen LogP contribution in [0.2, 0.25) is 0 Å². The van der Waals surface area contributed by atoms with Crippen molar-refractivity contribution >= 4 is 11.8 Å². The summed E-state index contributed by atoms with van der Waals surface area (Å²) in [5.74, 6) is -0.458. The molecule has 1 rings (SSSR count). The van der Waals surface area contributed by atoms with Crippen molar-refractivity contribution in [2.24, 2.45) is 0 Å². The maximum Gasteiger partial charge on any atom is 0.339 e. The second-order valence-corrected chi connectivity index (χ2v) is 3.81. The molecule has 0 saturated heterocycles. The topological polar surface area (TPSA) is 62.2 Å². The molecule has 0 aromatic carbocycles. The van der Waals surface area contributed by atoms with Gasteiger partial charge >= 0.3 is 5.97 Å². The number of pyridine rings is 1. The van der Waals surface area contributed by atoms with E-state index in [-0.39, 0.29) is 11.6 Å². The summed E-state index contributed by atoms with van der Waals surface area (Å²) in [5, 5.41) is 12.3. The number of rotatable bonds is 5. The van der Waals surface area contributed by atoms with E-state index in [0.717, 1.165) is 18.4 Å². The van der Waals surface area contributed by atoms with Crippen molar-refractivity contribution in [3.63, 3.8) is 0 Å². The van der Waals surface area contributed by atoms with Crippen molar-refractivity contribution in [3.05, 3.63) is 23.4 Å². The number of carboxylic acids is 1. The number of carbonyl (C=O) groups is 1. The van der Waals surface area contributed by atoms with Crippen molar-refractivity contribution in [2.75, 3.05) is 5.32 Å². The molecule has 0 unspecified atom stereocenters. The Labute approximate surface area is 95.7 Å². The van der Waals surface area contributed by atoms with Crippen LogP contribution >= 0.6 is 0 Å².